The molecule has 5 rings (SSSR count). The smallest absolute Gasteiger partial charge is 0.223 e. The van der Waals surface area contributed by atoms with Crippen LogP contribution >= 0.6 is 0 Å². The molecule has 6 nitrogen and oxygen atoms in total. The van der Waals surface area contributed by atoms with Gasteiger partial charge in [-0.05, 0) is 38.7 Å². The van der Waals surface area contributed by atoms with Gasteiger partial charge in [0, 0.05) is 60.9 Å². The number of aromatic nitrogens is 3. The molecule has 4 heterocycles. The molecule has 0 N–H and O–H groups in total. The summed E-state index contributed by atoms with van der Waals surface area (Å²) in [6.45, 7) is 3.37. The van der Waals surface area contributed by atoms with Crippen LogP contribution in [0.2, 0.25) is 0 Å². The van der Waals surface area contributed by atoms with Gasteiger partial charge in [0.1, 0.15) is 0 Å². The van der Waals surface area contributed by atoms with E-state index in [-0.39, 0.29) is 11.3 Å². The van der Waals surface area contributed by atoms with E-state index >= 15 is 0 Å². The van der Waals surface area contributed by atoms with E-state index < -0.39 is 0 Å². The van der Waals surface area contributed by atoms with E-state index in [1.807, 2.05) is 43.4 Å². The number of hydrogen-bond donors (Lipinski definition) is 0. The predicted molar refractivity (Wildman–Crippen MR) is 109 cm³/mol. The fourth-order valence-corrected chi connectivity index (χ4v) is 4.47. The minimum atomic E-state index is 0.0866. The fourth-order valence-electron chi connectivity index (χ4n) is 4.47. The number of likely N-dealkylation sites (tertiary alicyclic amines) is 1. The number of carbonyl (C=O) groups excluding carboxylic acids is 1. The summed E-state index contributed by atoms with van der Waals surface area (Å²) in [7, 11) is 4.01. The third kappa shape index (κ3) is 2.79. The molecule has 2 aliphatic heterocycles. The molecule has 0 bridgehead atoms. The molecule has 1 fully saturated rings. The third-order valence-corrected chi connectivity index (χ3v) is 6.12. The number of rotatable bonds is 4. The fraction of sp³-hybridized carbons (Fsp3) is 0.409. The lowest BCUT2D eigenvalue weighted by atomic mass is 9.75. The highest BCUT2D eigenvalue weighted by Crippen LogP contribution is 2.44. The first-order valence-electron chi connectivity index (χ1n) is 9.90. The van der Waals surface area contributed by atoms with E-state index in [9.17, 15) is 4.79 Å². The maximum absolute atomic E-state index is 12.4. The molecule has 2 aromatic heterocycles. The van der Waals surface area contributed by atoms with Gasteiger partial charge in [-0.3, -0.25) is 14.5 Å². The molecule has 3 aromatic rings. The van der Waals surface area contributed by atoms with Gasteiger partial charge < -0.3 is 9.80 Å². The van der Waals surface area contributed by atoms with E-state index in [4.69, 9.17) is 5.10 Å². The van der Waals surface area contributed by atoms with Gasteiger partial charge in [-0.2, -0.15) is 5.10 Å². The van der Waals surface area contributed by atoms with Crippen LogP contribution < -0.4 is 0 Å². The van der Waals surface area contributed by atoms with Crippen molar-refractivity contribution in [2.24, 2.45) is 0 Å². The molecule has 0 saturated carbocycles. The highest BCUT2D eigenvalue weighted by Gasteiger charge is 2.51. The first-order chi connectivity index (χ1) is 13.5. The summed E-state index contributed by atoms with van der Waals surface area (Å²) in [6, 6.07) is 12.5. The highest BCUT2D eigenvalue weighted by atomic mass is 16.2. The van der Waals surface area contributed by atoms with Crippen molar-refractivity contribution < 1.29 is 4.79 Å². The lowest BCUT2D eigenvalue weighted by molar-refractivity contribution is -0.139. The van der Waals surface area contributed by atoms with Gasteiger partial charge in [0.05, 0.1) is 11.2 Å². The monoisotopic (exact) mass is 375 g/mol. The van der Waals surface area contributed by atoms with Gasteiger partial charge in [0.15, 0.2) is 0 Å². The van der Waals surface area contributed by atoms with Gasteiger partial charge in [0.25, 0.3) is 0 Å². The summed E-state index contributed by atoms with van der Waals surface area (Å²) >= 11 is 0. The van der Waals surface area contributed by atoms with E-state index in [1.165, 1.54) is 5.69 Å². The number of fused-ring (bicyclic) bond motifs is 3. The minimum Gasteiger partial charge on any atom is -0.341 e. The first kappa shape index (κ1) is 17.4. The summed E-state index contributed by atoms with van der Waals surface area (Å²) in [5.74, 6) is 0.260. The molecular formula is C22H25N5O. The Bertz CT molecular complexity index is 1050. The summed E-state index contributed by atoms with van der Waals surface area (Å²) in [5, 5.41) is 5.97. The van der Waals surface area contributed by atoms with Crippen LogP contribution in [0.1, 0.15) is 18.5 Å². The summed E-state index contributed by atoms with van der Waals surface area (Å²) < 4.78 is 2.13. The maximum Gasteiger partial charge on any atom is 0.223 e. The Balaban J connectivity index is 1.36. The number of pyridine rings is 1. The Morgan fingerprint density at radius 1 is 1.21 bits per heavy atom. The Morgan fingerprint density at radius 2 is 2.04 bits per heavy atom. The van der Waals surface area contributed by atoms with Crippen LogP contribution in [0.15, 0.2) is 42.6 Å². The molecule has 0 radical (unpaired) electrons. The molecule has 0 aliphatic carbocycles. The van der Waals surface area contributed by atoms with Crippen LogP contribution in [0.5, 0.6) is 0 Å². The maximum atomic E-state index is 12.4. The topological polar surface area (TPSA) is 54.3 Å². The van der Waals surface area contributed by atoms with E-state index in [2.05, 4.69) is 32.8 Å². The van der Waals surface area contributed by atoms with Gasteiger partial charge in [-0.1, -0.05) is 18.2 Å². The van der Waals surface area contributed by atoms with Gasteiger partial charge in [0.2, 0.25) is 5.91 Å². The van der Waals surface area contributed by atoms with Gasteiger partial charge >= 0.3 is 0 Å². The number of aryl methyl sites for hydroxylation is 1. The van der Waals surface area contributed by atoms with E-state index in [0.29, 0.717) is 6.42 Å². The molecule has 28 heavy (non-hydrogen) atoms. The van der Waals surface area contributed by atoms with Gasteiger partial charge in [-0.15, -0.1) is 0 Å². The van der Waals surface area contributed by atoms with Crippen molar-refractivity contribution in [3.05, 3.63) is 48.3 Å². The molecule has 0 atom stereocenters. The number of nitrogens with zero attached hydrogens (tertiary/aromatic N) is 5. The Morgan fingerprint density at radius 3 is 2.86 bits per heavy atom. The Labute approximate surface area is 164 Å². The largest absolute Gasteiger partial charge is 0.341 e. The van der Waals surface area contributed by atoms with Gasteiger partial charge in [-0.25, -0.2) is 0 Å². The van der Waals surface area contributed by atoms with Crippen LogP contribution in [0, 0.1) is 0 Å². The average Bonchev–Trinajstić information content (AvgIpc) is 3.23. The van der Waals surface area contributed by atoms with Crippen molar-refractivity contribution in [2.45, 2.75) is 24.8 Å². The summed E-state index contributed by atoms with van der Waals surface area (Å²) in [6.07, 6.45) is 3.57. The molecule has 1 aromatic carbocycles. The lowest BCUT2D eigenvalue weighted by Gasteiger charge is -2.47. The van der Waals surface area contributed by atoms with Crippen LogP contribution in [-0.2, 0) is 16.8 Å². The second kappa shape index (κ2) is 6.41. The first-order valence-corrected chi connectivity index (χ1v) is 9.90. The molecule has 6 heteroatoms. The Hall–Kier alpha value is -2.73. The molecule has 1 saturated heterocycles. The highest BCUT2D eigenvalue weighted by molar-refractivity contribution is 5.83. The number of carbonyl (C=O) groups is 1. The minimum absolute atomic E-state index is 0.0866. The standard InChI is InChI=1S/C22H25N5O/c1-25(2)9-7-21(28)26-14-22(15-26)8-10-27-20(22)12-19(24-27)17-11-16-5-3-4-6-18(16)23-13-17/h3-6,11-13H,7-10,14-15H2,1-2H3. The predicted octanol–water partition coefficient (Wildman–Crippen LogP) is 2.53. The van der Waals surface area contributed by atoms with E-state index in [1.54, 1.807) is 0 Å². The second-order valence-corrected chi connectivity index (χ2v) is 8.39. The molecule has 144 valence electrons. The molecule has 2 aliphatic rings. The summed E-state index contributed by atoms with van der Waals surface area (Å²) in [4.78, 5) is 21.0. The van der Waals surface area contributed by atoms with Crippen molar-refractivity contribution in [3.8, 4) is 11.3 Å². The van der Waals surface area contributed by atoms with E-state index in [0.717, 1.165) is 54.8 Å². The average molecular weight is 375 g/mol. The number of hydrogen-bond acceptors (Lipinski definition) is 4. The SMILES string of the molecule is CN(C)CCC(=O)N1CC2(CCn3nc(-c4cnc5ccccc5c4)cc32)C1. The number of benzene rings is 1. The van der Waals surface area contributed by atoms with Crippen LogP contribution in [-0.4, -0.2) is 64.2 Å². The third-order valence-electron chi connectivity index (χ3n) is 6.12. The van der Waals surface area contributed by atoms with Crippen molar-refractivity contribution in [3.63, 3.8) is 0 Å². The van der Waals surface area contributed by atoms with Crippen molar-refractivity contribution >= 4 is 16.8 Å². The second-order valence-electron chi connectivity index (χ2n) is 8.39. The molecular weight excluding hydrogens is 350 g/mol. The molecule has 0 unspecified atom stereocenters. The zero-order valence-corrected chi connectivity index (χ0v) is 16.4. The van der Waals surface area contributed by atoms with Crippen LogP contribution in [0.3, 0.4) is 0 Å². The van der Waals surface area contributed by atoms with Crippen LogP contribution in [0.25, 0.3) is 22.2 Å². The molecule has 1 amide bonds. The number of amides is 1. The molecule has 1 spiro atoms. The zero-order chi connectivity index (χ0) is 19.3. The van der Waals surface area contributed by atoms with Crippen molar-refractivity contribution in [1.29, 1.82) is 0 Å². The van der Waals surface area contributed by atoms with Crippen molar-refractivity contribution in [1.82, 2.24) is 24.6 Å². The summed E-state index contributed by atoms with van der Waals surface area (Å²) in [5.41, 5.74) is 4.38. The van der Waals surface area contributed by atoms with Crippen molar-refractivity contribution in [2.75, 3.05) is 33.7 Å². The normalized spacial score (nSPS) is 17.3. The number of para-hydroxylation sites is 1. The quantitative estimate of drug-likeness (QED) is 0.703. The van der Waals surface area contributed by atoms with Crippen LogP contribution in [0.4, 0.5) is 0 Å². The Kier molecular flexibility index (Phi) is 3.98. The zero-order valence-electron chi connectivity index (χ0n) is 16.4. The lowest BCUT2D eigenvalue weighted by Crippen LogP contribution is -2.60.